The minimum absolute atomic E-state index is 0.183. The molecule has 0 fully saturated rings. The van der Waals surface area contributed by atoms with E-state index < -0.39 is 10.0 Å². The summed E-state index contributed by atoms with van der Waals surface area (Å²) in [6.07, 6.45) is 0. The van der Waals surface area contributed by atoms with E-state index in [1.807, 2.05) is 25.1 Å². The summed E-state index contributed by atoms with van der Waals surface area (Å²) in [4.78, 5) is 0.183. The number of fused-ring (bicyclic) bond motifs is 1. The molecular weight excluding hydrogens is 302 g/mol. The Balaban J connectivity index is 2.01. The first-order valence-corrected chi connectivity index (χ1v) is 8.38. The fraction of sp³-hybridized carbons (Fsp3) is 0.250. The van der Waals surface area contributed by atoms with Crippen molar-refractivity contribution in [3.05, 3.63) is 48.0 Å². The zero-order valence-electron chi connectivity index (χ0n) is 12.4. The number of rotatable bonds is 3. The maximum absolute atomic E-state index is 12.8. The zero-order valence-corrected chi connectivity index (χ0v) is 13.3. The lowest BCUT2D eigenvalue weighted by Gasteiger charge is -2.23. The standard InChI is InChI=1S/C16H17NO4S/c1-12-5-3-4-6-14(12)17(2)22(18,19)13-7-8-15-16(11-13)21-10-9-20-15/h3-8,11H,9-10H2,1-2H3. The van der Waals surface area contributed by atoms with E-state index in [0.717, 1.165) is 5.56 Å². The number of hydrogen-bond donors (Lipinski definition) is 0. The maximum Gasteiger partial charge on any atom is 0.264 e. The Labute approximate surface area is 130 Å². The van der Waals surface area contributed by atoms with E-state index in [0.29, 0.717) is 30.4 Å². The molecule has 0 aromatic heterocycles. The molecule has 2 aromatic rings. The van der Waals surface area contributed by atoms with Gasteiger partial charge in [-0.05, 0) is 30.7 Å². The second-order valence-corrected chi connectivity index (χ2v) is 7.03. The van der Waals surface area contributed by atoms with E-state index >= 15 is 0 Å². The van der Waals surface area contributed by atoms with E-state index in [1.54, 1.807) is 19.2 Å². The van der Waals surface area contributed by atoms with Crippen LogP contribution >= 0.6 is 0 Å². The number of aryl methyl sites for hydroxylation is 1. The van der Waals surface area contributed by atoms with E-state index in [2.05, 4.69) is 0 Å². The molecule has 22 heavy (non-hydrogen) atoms. The first-order chi connectivity index (χ1) is 10.5. The summed E-state index contributed by atoms with van der Waals surface area (Å²) >= 11 is 0. The van der Waals surface area contributed by atoms with Crippen LogP contribution in [0.15, 0.2) is 47.4 Å². The molecule has 1 aliphatic rings. The highest BCUT2D eigenvalue weighted by Gasteiger charge is 2.24. The third kappa shape index (κ3) is 2.50. The van der Waals surface area contributed by atoms with Crippen molar-refractivity contribution in [2.45, 2.75) is 11.8 Å². The largest absolute Gasteiger partial charge is 0.486 e. The van der Waals surface area contributed by atoms with Crippen LogP contribution in [0.2, 0.25) is 0 Å². The molecule has 0 atom stereocenters. The number of ether oxygens (including phenoxy) is 2. The molecule has 3 rings (SSSR count). The monoisotopic (exact) mass is 319 g/mol. The third-order valence-corrected chi connectivity index (χ3v) is 5.39. The van der Waals surface area contributed by atoms with E-state index in [9.17, 15) is 8.42 Å². The Hall–Kier alpha value is -2.21. The van der Waals surface area contributed by atoms with Gasteiger partial charge in [-0.15, -0.1) is 0 Å². The van der Waals surface area contributed by atoms with E-state index in [-0.39, 0.29) is 4.90 Å². The van der Waals surface area contributed by atoms with Crippen LogP contribution in [0.25, 0.3) is 0 Å². The van der Waals surface area contributed by atoms with Gasteiger partial charge in [-0.3, -0.25) is 4.31 Å². The van der Waals surface area contributed by atoms with Crippen molar-refractivity contribution in [2.75, 3.05) is 24.6 Å². The normalized spacial score (nSPS) is 13.7. The fourth-order valence-electron chi connectivity index (χ4n) is 2.39. The number of para-hydroxylation sites is 1. The topological polar surface area (TPSA) is 55.8 Å². The van der Waals surface area contributed by atoms with Crippen LogP contribution in [0.4, 0.5) is 5.69 Å². The van der Waals surface area contributed by atoms with Crippen molar-refractivity contribution in [3.8, 4) is 11.5 Å². The van der Waals surface area contributed by atoms with Crippen LogP contribution in [-0.2, 0) is 10.0 Å². The first kappa shape index (κ1) is 14.7. The van der Waals surface area contributed by atoms with Crippen molar-refractivity contribution in [1.29, 1.82) is 0 Å². The molecule has 0 aliphatic carbocycles. The van der Waals surface area contributed by atoms with Crippen molar-refractivity contribution in [3.63, 3.8) is 0 Å². The molecule has 0 spiro atoms. The average molecular weight is 319 g/mol. The Morgan fingerprint density at radius 3 is 2.41 bits per heavy atom. The van der Waals surface area contributed by atoms with Crippen molar-refractivity contribution in [2.24, 2.45) is 0 Å². The van der Waals surface area contributed by atoms with Gasteiger partial charge in [0.05, 0.1) is 10.6 Å². The lowest BCUT2D eigenvalue weighted by atomic mass is 10.2. The van der Waals surface area contributed by atoms with Gasteiger partial charge in [-0.1, -0.05) is 18.2 Å². The van der Waals surface area contributed by atoms with Crippen molar-refractivity contribution >= 4 is 15.7 Å². The van der Waals surface area contributed by atoms with Crippen LogP contribution in [-0.4, -0.2) is 28.7 Å². The predicted octanol–water partition coefficient (Wildman–Crippen LogP) is 2.59. The second kappa shape index (κ2) is 5.53. The number of hydrogen-bond acceptors (Lipinski definition) is 4. The Morgan fingerprint density at radius 1 is 1.00 bits per heavy atom. The van der Waals surface area contributed by atoms with Crippen LogP contribution in [0.1, 0.15) is 5.56 Å². The second-order valence-electron chi connectivity index (χ2n) is 5.06. The van der Waals surface area contributed by atoms with Crippen LogP contribution in [0.5, 0.6) is 11.5 Å². The first-order valence-electron chi connectivity index (χ1n) is 6.94. The predicted molar refractivity (Wildman–Crippen MR) is 84.2 cm³/mol. The van der Waals surface area contributed by atoms with Gasteiger partial charge in [-0.25, -0.2) is 8.42 Å². The number of benzene rings is 2. The maximum atomic E-state index is 12.8. The smallest absolute Gasteiger partial charge is 0.264 e. The lowest BCUT2D eigenvalue weighted by Crippen LogP contribution is -2.27. The molecule has 0 bridgehead atoms. The van der Waals surface area contributed by atoms with Gasteiger partial charge in [-0.2, -0.15) is 0 Å². The molecule has 0 N–H and O–H groups in total. The molecule has 0 saturated heterocycles. The lowest BCUT2D eigenvalue weighted by molar-refractivity contribution is 0.171. The number of anilines is 1. The van der Waals surface area contributed by atoms with Gasteiger partial charge in [0.1, 0.15) is 13.2 Å². The van der Waals surface area contributed by atoms with Gasteiger partial charge >= 0.3 is 0 Å². The summed E-state index contributed by atoms with van der Waals surface area (Å²) in [5, 5.41) is 0. The van der Waals surface area contributed by atoms with Crippen LogP contribution < -0.4 is 13.8 Å². The summed E-state index contributed by atoms with van der Waals surface area (Å²) in [6, 6.07) is 12.0. The summed E-state index contributed by atoms with van der Waals surface area (Å²) in [7, 11) is -2.10. The third-order valence-electron chi connectivity index (χ3n) is 3.63. The zero-order chi connectivity index (χ0) is 15.7. The highest BCUT2D eigenvalue weighted by atomic mass is 32.2. The highest BCUT2D eigenvalue weighted by molar-refractivity contribution is 7.92. The molecule has 0 amide bonds. The van der Waals surface area contributed by atoms with E-state index in [4.69, 9.17) is 9.47 Å². The number of sulfonamides is 1. The van der Waals surface area contributed by atoms with Gasteiger partial charge in [0.15, 0.2) is 11.5 Å². The Kier molecular flexibility index (Phi) is 3.70. The minimum atomic E-state index is -3.65. The molecule has 1 aliphatic heterocycles. The van der Waals surface area contributed by atoms with Crippen molar-refractivity contribution < 1.29 is 17.9 Å². The fourth-order valence-corrected chi connectivity index (χ4v) is 3.66. The van der Waals surface area contributed by atoms with Gasteiger partial charge < -0.3 is 9.47 Å². The Bertz CT molecular complexity index is 802. The van der Waals surface area contributed by atoms with Crippen LogP contribution in [0.3, 0.4) is 0 Å². The highest BCUT2D eigenvalue weighted by Crippen LogP contribution is 2.34. The summed E-state index contributed by atoms with van der Waals surface area (Å²) in [5.41, 5.74) is 1.54. The molecule has 1 heterocycles. The SMILES string of the molecule is Cc1ccccc1N(C)S(=O)(=O)c1ccc2c(c1)OCCO2. The van der Waals surface area contributed by atoms with Gasteiger partial charge in [0.25, 0.3) is 10.0 Å². The van der Waals surface area contributed by atoms with Crippen LogP contribution in [0, 0.1) is 6.92 Å². The molecule has 0 radical (unpaired) electrons. The van der Waals surface area contributed by atoms with Gasteiger partial charge in [0.2, 0.25) is 0 Å². The van der Waals surface area contributed by atoms with Gasteiger partial charge in [0, 0.05) is 13.1 Å². The Morgan fingerprint density at radius 2 is 1.68 bits per heavy atom. The summed E-state index contributed by atoms with van der Waals surface area (Å²) in [5.74, 6) is 1.04. The molecule has 5 nitrogen and oxygen atoms in total. The minimum Gasteiger partial charge on any atom is -0.486 e. The molecule has 0 unspecified atom stereocenters. The number of nitrogens with zero attached hydrogens (tertiary/aromatic N) is 1. The summed E-state index contributed by atoms with van der Waals surface area (Å²) in [6.45, 7) is 2.78. The molecular formula is C16H17NO4S. The molecule has 116 valence electrons. The molecule has 6 heteroatoms. The molecule has 0 saturated carbocycles. The average Bonchev–Trinajstić information content (AvgIpc) is 2.54. The van der Waals surface area contributed by atoms with Crippen molar-refractivity contribution in [1.82, 2.24) is 0 Å². The molecule has 2 aromatic carbocycles. The quantitative estimate of drug-likeness (QED) is 0.872. The van der Waals surface area contributed by atoms with E-state index in [1.165, 1.54) is 16.4 Å². The summed E-state index contributed by atoms with van der Waals surface area (Å²) < 4.78 is 37.8.